The van der Waals surface area contributed by atoms with Gasteiger partial charge in [0.25, 0.3) is 5.91 Å². The third-order valence-electron chi connectivity index (χ3n) is 5.22. The normalized spacial score (nSPS) is 11.8. The second-order valence-electron chi connectivity index (χ2n) is 7.48. The van der Waals surface area contributed by atoms with Crippen molar-refractivity contribution in [1.82, 2.24) is 14.9 Å². The molecule has 0 aliphatic heterocycles. The molecular weight excluding hydrogens is 388 g/mol. The van der Waals surface area contributed by atoms with Crippen LogP contribution in [-0.2, 0) is 18.3 Å². The van der Waals surface area contributed by atoms with E-state index < -0.39 is 0 Å². The fraction of sp³-hybridized carbons (Fsp3) is 0.160. The number of aromatic nitrogens is 2. The van der Waals surface area contributed by atoms with Gasteiger partial charge in [0.05, 0.1) is 17.1 Å². The van der Waals surface area contributed by atoms with Crippen molar-refractivity contribution in [2.45, 2.75) is 19.4 Å². The lowest BCUT2D eigenvalue weighted by Crippen LogP contribution is -2.30. The molecule has 0 aliphatic carbocycles. The molecule has 6 heteroatoms. The molecule has 2 N–H and O–H groups in total. The third kappa shape index (κ3) is 4.64. The quantitative estimate of drug-likeness (QED) is 0.497. The van der Waals surface area contributed by atoms with Crippen molar-refractivity contribution in [3.8, 4) is 0 Å². The van der Waals surface area contributed by atoms with E-state index in [2.05, 4.69) is 15.2 Å². The van der Waals surface area contributed by atoms with Crippen molar-refractivity contribution in [1.29, 1.82) is 0 Å². The minimum atomic E-state index is -0.256. The summed E-state index contributed by atoms with van der Waals surface area (Å²) in [6, 6.07) is 24.5. The Morgan fingerprint density at radius 1 is 0.968 bits per heavy atom. The van der Waals surface area contributed by atoms with E-state index in [0.717, 1.165) is 22.4 Å². The Kier molecular flexibility index (Phi) is 5.80. The number of para-hydroxylation sites is 2. The minimum absolute atomic E-state index is 0.179. The van der Waals surface area contributed by atoms with Crippen LogP contribution >= 0.6 is 0 Å². The van der Waals surface area contributed by atoms with Gasteiger partial charge in [0.1, 0.15) is 5.82 Å². The number of hydrogen-bond acceptors (Lipinski definition) is 3. The molecule has 0 saturated heterocycles. The molecule has 0 spiro atoms. The number of rotatable bonds is 6. The molecule has 0 radical (unpaired) electrons. The summed E-state index contributed by atoms with van der Waals surface area (Å²) in [4.78, 5) is 29.2. The van der Waals surface area contributed by atoms with Gasteiger partial charge < -0.3 is 15.2 Å². The standard InChI is InChI=1S/C25H24N4O2/c1-17(30)26-20-12-8-11-19(15-20)25(31)28-22(18-9-4-3-5-10-18)16-24-27-21-13-6-7-14-23(21)29(24)2/h3-15,22H,16H2,1-2H3,(H,26,30)(H,28,31)/t22-/m1/s1. The van der Waals surface area contributed by atoms with Crippen molar-refractivity contribution < 1.29 is 9.59 Å². The van der Waals surface area contributed by atoms with Crippen LogP contribution in [0.25, 0.3) is 11.0 Å². The zero-order valence-electron chi connectivity index (χ0n) is 17.5. The average Bonchev–Trinajstić information content (AvgIpc) is 3.09. The molecule has 4 aromatic rings. The first kappa shape index (κ1) is 20.3. The van der Waals surface area contributed by atoms with E-state index in [4.69, 9.17) is 4.98 Å². The van der Waals surface area contributed by atoms with Crippen molar-refractivity contribution in [3.05, 3.63) is 95.8 Å². The maximum absolute atomic E-state index is 13.1. The first-order valence-electron chi connectivity index (χ1n) is 10.1. The van der Waals surface area contributed by atoms with Crippen LogP contribution in [0.4, 0.5) is 5.69 Å². The lowest BCUT2D eigenvalue weighted by Gasteiger charge is -2.19. The molecule has 6 nitrogen and oxygen atoms in total. The van der Waals surface area contributed by atoms with Gasteiger partial charge in [0.15, 0.2) is 0 Å². The second-order valence-corrected chi connectivity index (χ2v) is 7.48. The van der Waals surface area contributed by atoms with Gasteiger partial charge in [-0.15, -0.1) is 0 Å². The lowest BCUT2D eigenvalue weighted by atomic mass is 10.0. The summed E-state index contributed by atoms with van der Waals surface area (Å²) in [6.45, 7) is 1.44. The smallest absolute Gasteiger partial charge is 0.251 e. The summed E-state index contributed by atoms with van der Waals surface area (Å²) in [6.07, 6.45) is 0.548. The molecule has 0 fully saturated rings. The fourth-order valence-corrected chi connectivity index (χ4v) is 3.68. The molecule has 1 heterocycles. The number of aryl methyl sites for hydroxylation is 1. The lowest BCUT2D eigenvalue weighted by molar-refractivity contribution is -0.114. The van der Waals surface area contributed by atoms with Crippen LogP contribution in [0.2, 0.25) is 0 Å². The molecule has 3 aromatic carbocycles. The van der Waals surface area contributed by atoms with Gasteiger partial charge in [-0.2, -0.15) is 0 Å². The number of carbonyl (C=O) groups excluding carboxylic acids is 2. The largest absolute Gasteiger partial charge is 0.345 e. The summed E-state index contributed by atoms with van der Waals surface area (Å²) in [7, 11) is 1.99. The molecule has 0 saturated carbocycles. The Morgan fingerprint density at radius 3 is 2.45 bits per heavy atom. The monoisotopic (exact) mass is 412 g/mol. The first-order valence-corrected chi connectivity index (χ1v) is 10.1. The molecule has 0 bridgehead atoms. The van der Waals surface area contributed by atoms with E-state index in [0.29, 0.717) is 17.7 Å². The molecular formula is C25H24N4O2. The number of nitrogens with zero attached hydrogens (tertiary/aromatic N) is 2. The van der Waals surface area contributed by atoms with Gasteiger partial charge in [-0.05, 0) is 35.9 Å². The van der Waals surface area contributed by atoms with Crippen LogP contribution in [0, 0.1) is 0 Å². The van der Waals surface area contributed by atoms with Crippen molar-refractivity contribution in [2.24, 2.45) is 7.05 Å². The maximum Gasteiger partial charge on any atom is 0.251 e. The fourth-order valence-electron chi connectivity index (χ4n) is 3.68. The highest BCUT2D eigenvalue weighted by Gasteiger charge is 2.20. The Labute approximate surface area is 180 Å². The van der Waals surface area contributed by atoms with Crippen molar-refractivity contribution in [3.63, 3.8) is 0 Å². The number of benzene rings is 3. The van der Waals surface area contributed by atoms with Crippen LogP contribution in [-0.4, -0.2) is 21.4 Å². The van der Waals surface area contributed by atoms with E-state index in [1.807, 2.05) is 61.6 Å². The van der Waals surface area contributed by atoms with Gasteiger partial charge >= 0.3 is 0 Å². The number of fused-ring (bicyclic) bond motifs is 1. The summed E-state index contributed by atoms with van der Waals surface area (Å²) < 4.78 is 2.06. The number of amides is 2. The van der Waals surface area contributed by atoms with Crippen LogP contribution in [0.15, 0.2) is 78.9 Å². The van der Waals surface area contributed by atoms with Crippen LogP contribution in [0.3, 0.4) is 0 Å². The molecule has 0 aliphatic rings. The predicted molar refractivity (Wildman–Crippen MR) is 122 cm³/mol. The predicted octanol–water partition coefficient (Wildman–Crippen LogP) is 4.25. The highest BCUT2D eigenvalue weighted by atomic mass is 16.2. The molecule has 1 aromatic heterocycles. The molecule has 4 rings (SSSR count). The van der Waals surface area contributed by atoms with Gasteiger partial charge in [0, 0.05) is 31.6 Å². The van der Waals surface area contributed by atoms with Gasteiger partial charge in [0.2, 0.25) is 5.91 Å². The van der Waals surface area contributed by atoms with E-state index in [1.165, 1.54) is 6.92 Å². The van der Waals surface area contributed by atoms with Crippen LogP contribution in [0.5, 0.6) is 0 Å². The third-order valence-corrected chi connectivity index (χ3v) is 5.22. The Bertz CT molecular complexity index is 1230. The molecule has 1 atom stereocenters. The van der Waals surface area contributed by atoms with Gasteiger partial charge in [-0.1, -0.05) is 48.5 Å². The number of hydrogen-bond donors (Lipinski definition) is 2. The summed E-state index contributed by atoms with van der Waals surface area (Å²) in [5, 5.41) is 5.86. The van der Waals surface area contributed by atoms with Crippen LogP contribution < -0.4 is 10.6 Å². The van der Waals surface area contributed by atoms with Gasteiger partial charge in [-0.25, -0.2) is 4.98 Å². The topological polar surface area (TPSA) is 76.0 Å². The van der Waals surface area contributed by atoms with Crippen molar-refractivity contribution in [2.75, 3.05) is 5.32 Å². The van der Waals surface area contributed by atoms with E-state index in [1.54, 1.807) is 24.3 Å². The number of nitrogens with one attached hydrogen (secondary N) is 2. The molecule has 2 amide bonds. The van der Waals surface area contributed by atoms with Gasteiger partial charge in [-0.3, -0.25) is 9.59 Å². The van der Waals surface area contributed by atoms with E-state index in [9.17, 15) is 9.59 Å². The Balaban J connectivity index is 1.62. The zero-order chi connectivity index (χ0) is 21.8. The maximum atomic E-state index is 13.1. The van der Waals surface area contributed by atoms with E-state index in [-0.39, 0.29) is 17.9 Å². The Morgan fingerprint density at radius 2 is 1.71 bits per heavy atom. The van der Waals surface area contributed by atoms with Crippen LogP contribution in [0.1, 0.15) is 34.7 Å². The summed E-state index contributed by atoms with van der Waals surface area (Å²) >= 11 is 0. The number of anilines is 1. The highest BCUT2D eigenvalue weighted by Crippen LogP contribution is 2.22. The Hall–Kier alpha value is -3.93. The number of carbonyl (C=O) groups is 2. The average molecular weight is 412 g/mol. The zero-order valence-corrected chi connectivity index (χ0v) is 17.5. The SMILES string of the molecule is CC(=O)Nc1cccc(C(=O)N[C@H](Cc2nc3ccccc3n2C)c2ccccc2)c1. The molecule has 31 heavy (non-hydrogen) atoms. The minimum Gasteiger partial charge on any atom is -0.345 e. The second kappa shape index (κ2) is 8.83. The molecule has 0 unspecified atom stereocenters. The highest BCUT2D eigenvalue weighted by molar-refractivity contribution is 5.97. The summed E-state index contributed by atoms with van der Waals surface area (Å²) in [5.74, 6) is 0.503. The first-order chi connectivity index (χ1) is 15.0. The summed E-state index contributed by atoms with van der Waals surface area (Å²) in [5.41, 5.74) is 4.06. The number of imidazole rings is 1. The van der Waals surface area contributed by atoms with Crippen molar-refractivity contribution >= 4 is 28.5 Å². The molecule has 156 valence electrons. The van der Waals surface area contributed by atoms with E-state index >= 15 is 0 Å².